The van der Waals surface area contributed by atoms with Crippen LogP contribution in [-0.4, -0.2) is 81.7 Å². The van der Waals surface area contributed by atoms with Crippen LogP contribution in [0.2, 0.25) is 5.02 Å². The highest BCUT2D eigenvalue weighted by atomic mass is 35.5. The van der Waals surface area contributed by atoms with Crippen LogP contribution in [0.15, 0.2) is 48.7 Å². The standard InChI is InChI=1S/C33H38ClN9O2/c1-33(35)10-12-43(13-11-33)26-19-36-30-29(39-40-31(30)37-26)24-6-3-7-25(28(24)34)42-16-14-41(15-17-42)20-21-4-2-5-22(18-21)23-8-9-27(44)38-32(23)45/h2-7,18-19,23H,8-17,20,35H2,1H3,(H,37,39,40)(H,38,44,45). The number of nitrogens with two attached hydrogens (primary N) is 1. The summed E-state index contributed by atoms with van der Waals surface area (Å²) in [5.74, 6) is 0.165. The summed E-state index contributed by atoms with van der Waals surface area (Å²) in [5, 5.41) is 10.8. The Morgan fingerprint density at radius 3 is 2.58 bits per heavy atom. The van der Waals surface area contributed by atoms with Gasteiger partial charge in [-0.3, -0.25) is 24.9 Å². The number of piperidine rings is 2. The van der Waals surface area contributed by atoms with E-state index < -0.39 is 0 Å². The number of hydrogen-bond acceptors (Lipinski definition) is 9. The van der Waals surface area contributed by atoms with Crippen molar-refractivity contribution in [2.45, 2.75) is 50.6 Å². The van der Waals surface area contributed by atoms with Gasteiger partial charge in [-0.1, -0.05) is 48.0 Å². The number of anilines is 2. The number of H-pyrrole nitrogens is 1. The molecule has 3 saturated heterocycles. The number of rotatable bonds is 6. The van der Waals surface area contributed by atoms with Crippen molar-refractivity contribution >= 4 is 46.1 Å². The first kappa shape index (κ1) is 29.6. The molecule has 4 aromatic rings. The van der Waals surface area contributed by atoms with Gasteiger partial charge >= 0.3 is 0 Å². The van der Waals surface area contributed by atoms with Crippen molar-refractivity contribution in [1.82, 2.24) is 30.4 Å². The molecule has 4 N–H and O–H groups in total. The van der Waals surface area contributed by atoms with Gasteiger partial charge in [0.1, 0.15) is 17.0 Å². The maximum atomic E-state index is 12.4. The minimum Gasteiger partial charge on any atom is -0.368 e. The van der Waals surface area contributed by atoms with E-state index in [1.54, 1.807) is 0 Å². The molecule has 0 saturated carbocycles. The number of carbonyl (C=O) groups excluding carboxylic acids is 2. The van der Waals surface area contributed by atoms with E-state index >= 15 is 0 Å². The number of aromatic nitrogens is 4. The molecule has 3 aliphatic rings. The summed E-state index contributed by atoms with van der Waals surface area (Å²) < 4.78 is 0. The van der Waals surface area contributed by atoms with E-state index in [9.17, 15) is 9.59 Å². The Labute approximate surface area is 267 Å². The average Bonchev–Trinajstić information content (AvgIpc) is 3.45. The third kappa shape index (κ3) is 6.12. The minimum atomic E-state index is -0.272. The highest BCUT2D eigenvalue weighted by Crippen LogP contribution is 2.38. The van der Waals surface area contributed by atoms with Crippen LogP contribution in [0, 0.1) is 0 Å². The molecule has 5 heterocycles. The average molecular weight is 628 g/mol. The quantitative estimate of drug-likeness (QED) is 0.272. The Morgan fingerprint density at radius 2 is 1.80 bits per heavy atom. The van der Waals surface area contributed by atoms with Gasteiger partial charge < -0.3 is 15.5 Å². The molecule has 0 aliphatic carbocycles. The van der Waals surface area contributed by atoms with Gasteiger partial charge in [0.2, 0.25) is 11.8 Å². The van der Waals surface area contributed by atoms with Gasteiger partial charge in [0.25, 0.3) is 0 Å². The predicted molar refractivity (Wildman–Crippen MR) is 175 cm³/mol. The molecule has 234 valence electrons. The summed E-state index contributed by atoms with van der Waals surface area (Å²) in [7, 11) is 0. The minimum absolute atomic E-state index is 0.130. The van der Waals surface area contributed by atoms with Crippen LogP contribution < -0.4 is 20.9 Å². The summed E-state index contributed by atoms with van der Waals surface area (Å²) in [6, 6.07) is 14.3. The first-order valence-electron chi connectivity index (χ1n) is 15.7. The van der Waals surface area contributed by atoms with Crippen LogP contribution in [0.4, 0.5) is 11.5 Å². The zero-order chi connectivity index (χ0) is 31.1. The SMILES string of the molecule is CC1(N)CCN(c2cnc3c(-c4cccc(N5CCN(Cc6cccc(C7CCC(=O)NC7=O)c6)CC5)c4Cl)n[nH]c3n2)CC1. The largest absolute Gasteiger partial charge is 0.368 e. The number of benzene rings is 2. The molecule has 12 heteroatoms. The molecule has 0 radical (unpaired) electrons. The second-order valence-corrected chi connectivity index (χ2v) is 13.2. The molecule has 11 nitrogen and oxygen atoms in total. The lowest BCUT2D eigenvalue weighted by Gasteiger charge is -2.37. The van der Waals surface area contributed by atoms with Crippen molar-refractivity contribution in [3.05, 3.63) is 64.8 Å². The van der Waals surface area contributed by atoms with E-state index in [2.05, 4.69) is 55.3 Å². The maximum absolute atomic E-state index is 12.4. The number of amides is 2. The van der Waals surface area contributed by atoms with E-state index in [1.807, 2.05) is 30.5 Å². The number of aromatic amines is 1. The lowest BCUT2D eigenvalue weighted by Crippen LogP contribution is -2.48. The second kappa shape index (κ2) is 12.0. The maximum Gasteiger partial charge on any atom is 0.234 e. The van der Waals surface area contributed by atoms with Crippen molar-refractivity contribution in [2.75, 3.05) is 49.1 Å². The fourth-order valence-corrected chi connectivity index (χ4v) is 6.99. The van der Waals surface area contributed by atoms with Crippen LogP contribution in [0.3, 0.4) is 0 Å². The normalized spacial score (nSPS) is 20.9. The molecule has 2 aromatic heterocycles. The van der Waals surface area contributed by atoms with Crippen LogP contribution in [0.1, 0.15) is 49.7 Å². The third-order valence-corrected chi connectivity index (χ3v) is 9.83. The molecule has 1 atom stereocenters. The molecule has 3 fully saturated rings. The number of fused-ring (bicyclic) bond motifs is 1. The number of halogens is 1. The summed E-state index contributed by atoms with van der Waals surface area (Å²) in [4.78, 5) is 40.5. The van der Waals surface area contributed by atoms with E-state index in [0.29, 0.717) is 34.7 Å². The molecular formula is C33H38ClN9O2. The Kier molecular flexibility index (Phi) is 7.93. The molecular weight excluding hydrogens is 590 g/mol. The highest BCUT2D eigenvalue weighted by molar-refractivity contribution is 6.36. The molecule has 2 amide bonds. The Hall–Kier alpha value is -4.06. The first-order valence-corrected chi connectivity index (χ1v) is 16.1. The lowest BCUT2D eigenvalue weighted by molar-refractivity contribution is -0.134. The summed E-state index contributed by atoms with van der Waals surface area (Å²) in [5.41, 5.74) is 12.2. The van der Waals surface area contributed by atoms with Crippen LogP contribution in [0.5, 0.6) is 0 Å². The molecule has 0 bridgehead atoms. The van der Waals surface area contributed by atoms with Crippen LogP contribution >= 0.6 is 11.6 Å². The van der Waals surface area contributed by atoms with Gasteiger partial charge in [0, 0.05) is 63.3 Å². The smallest absolute Gasteiger partial charge is 0.234 e. The number of nitrogens with zero attached hydrogens (tertiary/aromatic N) is 6. The molecule has 0 spiro atoms. The van der Waals surface area contributed by atoms with E-state index in [1.165, 1.54) is 5.56 Å². The fraction of sp³-hybridized carbons (Fsp3) is 0.424. The van der Waals surface area contributed by atoms with E-state index in [-0.39, 0.29) is 23.3 Å². The predicted octanol–water partition coefficient (Wildman–Crippen LogP) is 3.83. The number of nitrogens with one attached hydrogen (secondary N) is 2. The zero-order valence-electron chi connectivity index (χ0n) is 25.4. The highest BCUT2D eigenvalue weighted by Gasteiger charge is 2.29. The fourth-order valence-electron chi connectivity index (χ4n) is 6.65. The first-order chi connectivity index (χ1) is 21.7. The lowest BCUT2D eigenvalue weighted by atomic mass is 9.89. The summed E-state index contributed by atoms with van der Waals surface area (Å²) in [6.45, 7) is 8.02. The molecule has 45 heavy (non-hydrogen) atoms. The van der Waals surface area contributed by atoms with Crippen molar-refractivity contribution < 1.29 is 9.59 Å². The molecule has 2 aromatic carbocycles. The van der Waals surface area contributed by atoms with Gasteiger partial charge in [0.05, 0.1) is 22.8 Å². The summed E-state index contributed by atoms with van der Waals surface area (Å²) >= 11 is 7.06. The van der Waals surface area contributed by atoms with Gasteiger partial charge in [-0.25, -0.2) is 9.97 Å². The zero-order valence-corrected chi connectivity index (χ0v) is 26.2. The number of imide groups is 1. The van der Waals surface area contributed by atoms with Gasteiger partial charge in [-0.15, -0.1) is 0 Å². The Balaban J connectivity index is 1.02. The van der Waals surface area contributed by atoms with Crippen LogP contribution in [-0.2, 0) is 16.1 Å². The monoisotopic (exact) mass is 627 g/mol. The van der Waals surface area contributed by atoms with Gasteiger partial charge in [-0.2, -0.15) is 5.10 Å². The molecule has 7 rings (SSSR count). The second-order valence-electron chi connectivity index (χ2n) is 12.8. The molecule has 3 aliphatic heterocycles. The van der Waals surface area contributed by atoms with Crippen LogP contribution in [0.25, 0.3) is 22.4 Å². The Morgan fingerprint density at radius 1 is 1.02 bits per heavy atom. The number of carbonyl (C=O) groups is 2. The number of piperazine rings is 1. The van der Waals surface area contributed by atoms with Crippen molar-refractivity contribution in [3.8, 4) is 11.3 Å². The van der Waals surface area contributed by atoms with E-state index in [4.69, 9.17) is 27.3 Å². The third-order valence-electron chi connectivity index (χ3n) is 9.43. The Bertz CT molecular complexity index is 1740. The molecule has 1 unspecified atom stereocenters. The van der Waals surface area contributed by atoms with Gasteiger partial charge in [-0.05, 0) is 43.4 Å². The van der Waals surface area contributed by atoms with Crippen molar-refractivity contribution in [1.29, 1.82) is 0 Å². The number of hydrogen-bond donors (Lipinski definition) is 3. The van der Waals surface area contributed by atoms with Crippen molar-refractivity contribution in [2.24, 2.45) is 5.73 Å². The van der Waals surface area contributed by atoms with Gasteiger partial charge in [0.15, 0.2) is 5.65 Å². The van der Waals surface area contributed by atoms with E-state index in [0.717, 1.165) is 81.3 Å². The summed E-state index contributed by atoms with van der Waals surface area (Å²) in [6.07, 6.45) is 4.58. The van der Waals surface area contributed by atoms with Crippen molar-refractivity contribution in [3.63, 3.8) is 0 Å². The topological polar surface area (TPSA) is 136 Å².